The zero-order valence-corrected chi connectivity index (χ0v) is 12.6. The molecule has 0 fully saturated rings. The minimum absolute atomic E-state index is 0.00731. The van der Waals surface area contributed by atoms with Crippen molar-refractivity contribution >= 4 is 32.6 Å². The molecule has 3 rings (SSSR count). The van der Waals surface area contributed by atoms with Crippen LogP contribution in [0.15, 0.2) is 59.2 Å². The van der Waals surface area contributed by atoms with Gasteiger partial charge in [0.2, 0.25) is 0 Å². The normalized spacial score (nSPS) is 10.8. The molecule has 2 aromatic carbocycles. The minimum atomic E-state index is -0.333. The van der Waals surface area contributed by atoms with Crippen LogP contribution in [-0.4, -0.2) is 10.8 Å². The van der Waals surface area contributed by atoms with Crippen LogP contribution in [0.1, 0.15) is 15.9 Å². The van der Waals surface area contributed by atoms with Crippen LogP contribution in [0, 0.1) is 5.82 Å². The van der Waals surface area contributed by atoms with Gasteiger partial charge in [-0.15, -0.1) is 0 Å². The van der Waals surface area contributed by atoms with Crippen molar-refractivity contribution in [2.75, 3.05) is 0 Å². The maximum absolute atomic E-state index is 13.2. The monoisotopic (exact) mass is 343 g/mol. The number of carbonyl (C=O) groups excluding carboxylic acids is 1. The summed E-state index contributed by atoms with van der Waals surface area (Å²) in [5, 5.41) is 0.839. The molecule has 0 spiro atoms. The summed E-state index contributed by atoms with van der Waals surface area (Å²) in [6.07, 6.45) is 1.93. The highest BCUT2D eigenvalue weighted by Crippen LogP contribution is 2.21. The van der Waals surface area contributed by atoms with Gasteiger partial charge in [-0.2, -0.15) is 0 Å². The summed E-state index contributed by atoms with van der Waals surface area (Å²) in [6.45, 7) is 0. The molecule has 1 heterocycles. The maximum atomic E-state index is 13.2. The van der Waals surface area contributed by atoms with Gasteiger partial charge in [-0.3, -0.25) is 9.78 Å². The van der Waals surface area contributed by atoms with E-state index in [4.69, 9.17) is 0 Å². The van der Waals surface area contributed by atoms with E-state index in [0.717, 1.165) is 16.5 Å². The topological polar surface area (TPSA) is 30.0 Å². The van der Waals surface area contributed by atoms with Crippen LogP contribution in [0.25, 0.3) is 10.9 Å². The van der Waals surface area contributed by atoms with E-state index in [1.165, 1.54) is 6.07 Å². The van der Waals surface area contributed by atoms with Crippen LogP contribution in [0.3, 0.4) is 0 Å². The van der Waals surface area contributed by atoms with Gasteiger partial charge < -0.3 is 0 Å². The number of nitrogens with zero attached hydrogens (tertiary/aromatic N) is 1. The first-order valence-corrected chi connectivity index (χ1v) is 7.25. The molecule has 0 aliphatic heterocycles. The second kappa shape index (κ2) is 5.74. The van der Waals surface area contributed by atoms with Crippen molar-refractivity contribution in [1.29, 1.82) is 0 Å². The summed E-state index contributed by atoms with van der Waals surface area (Å²) >= 11 is 3.14. The summed E-state index contributed by atoms with van der Waals surface area (Å²) in [5.41, 5.74) is 2.21. The Hall–Kier alpha value is -2.07. The third-order valence-electron chi connectivity index (χ3n) is 3.29. The number of benzene rings is 2. The number of ketones is 1. The summed E-state index contributed by atoms with van der Waals surface area (Å²) in [7, 11) is 0. The zero-order chi connectivity index (χ0) is 14.8. The zero-order valence-electron chi connectivity index (χ0n) is 11.0. The minimum Gasteiger partial charge on any atom is -0.294 e. The second-order valence-electron chi connectivity index (χ2n) is 4.72. The molecule has 1 aromatic heterocycles. The van der Waals surface area contributed by atoms with Gasteiger partial charge in [0.1, 0.15) is 5.82 Å². The lowest BCUT2D eigenvalue weighted by Gasteiger charge is -2.06. The summed E-state index contributed by atoms with van der Waals surface area (Å²) < 4.78 is 13.6. The molecular formula is C17H11BrFNO. The van der Waals surface area contributed by atoms with Gasteiger partial charge in [-0.1, -0.05) is 24.3 Å². The van der Waals surface area contributed by atoms with Crippen molar-refractivity contribution < 1.29 is 9.18 Å². The molecule has 0 unspecified atom stereocenters. The molecule has 0 aliphatic carbocycles. The Morgan fingerprint density at radius 3 is 2.81 bits per heavy atom. The van der Waals surface area contributed by atoms with E-state index in [1.54, 1.807) is 24.4 Å². The Morgan fingerprint density at radius 1 is 1.14 bits per heavy atom. The Bertz CT molecular complexity index is 827. The molecule has 104 valence electrons. The van der Waals surface area contributed by atoms with Crippen molar-refractivity contribution in [3.8, 4) is 0 Å². The van der Waals surface area contributed by atoms with Crippen LogP contribution in [0.4, 0.5) is 4.39 Å². The van der Waals surface area contributed by atoms with Gasteiger partial charge in [-0.25, -0.2) is 4.39 Å². The quantitative estimate of drug-likeness (QED) is 0.652. The van der Waals surface area contributed by atoms with Gasteiger partial charge in [0, 0.05) is 23.6 Å². The third kappa shape index (κ3) is 2.85. The molecule has 0 aliphatic rings. The predicted molar refractivity (Wildman–Crippen MR) is 83.9 cm³/mol. The molecule has 2 nitrogen and oxygen atoms in total. The van der Waals surface area contributed by atoms with Crippen molar-refractivity contribution in [1.82, 2.24) is 4.98 Å². The Balaban J connectivity index is 1.95. The van der Waals surface area contributed by atoms with Crippen molar-refractivity contribution in [3.63, 3.8) is 0 Å². The van der Waals surface area contributed by atoms with E-state index in [9.17, 15) is 9.18 Å². The summed E-state index contributed by atoms with van der Waals surface area (Å²) in [5.74, 6) is -0.340. The first-order valence-electron chi connectivity index (χ1n) is 6.46. The third-order valence-corrected chi connectivity index (χ3v) is 3.90. The summed E-state index contributed by atoms with van der Waals surface area (Å²) in [6, 6.07) is 13.8. The van der Waals surface area contributed by atoms with Gasteiger partial charge in [0.05, 0.1) is 9.99 Å². The fraction of sp³-hybridized carbons (Fsp3) is 0.0588. The summed E-state index contributed by atoms with van der Waals surface area (Å²) in [4.78, 5) is 16.7. The van der Waals surface area contributed by atoms with Gasteiger partial charge in [-0.05, 0) is 45.8 Å². The Labute approximate surface area is 129 Å². The number of halogens is 2. The van der Waals surface area contributed by atoms with Crippen LogP contribution >= 0.6 is 15.9 Å². The number of pyridine rings is 1. The molecule has 3 aromatic rings. The highest BCUT2D eigenvalue weighted by molar-refractivity contribution is 9.10. The molecule has 0 bridgehead atoms. The van der Waals surface area contributed by atoms with Gasteiger partial charge in [0.15, 0.2) is 5.78 Å². The standard InChI is InChI=1S/C17H11BrFNO/c18-14-9-11(6-7-15(14)19)10-17(21)13-3-1-5-16-12(13)4-2-8-20-16/h1-9H,10H2. The predicted octanol–water partition coefficient (Wildman–Crippen LogP) is 4.56. The molecule has 0 radical (unpaired) electrons. The number of hydrogen-bond acceptors (Lipinski definition) is 2. The lowest BCUT2D eigenvalue weighted by atomic mass is 9.99. The van der Waals surface area contributed by atoms with E-state index in [1.807, 2.05) is 24.3 Å². The number of aromatic nitrogens is 1. The molecule has 0 atom stereocenters. The Kier molecular flexibility index (Phi) is 3.80. The first-order chi connectivity index (χ1) is 10.1. The average Bonchev–Trinajstić information content (AvgIpc) is 2.50. The van der Waals surface area contributed by atoms with Crippen LogP contribution in [0.2, 0.25) is 0 Å². The Morgan fingerprint density at radius 2 is 2.00 bits per heavy atom. The molecule has 21 heavy (non-hydrogen) atoms. The largest absolute Gasteiger partial charge is 0.294 e. The second-order valence-corrected chi connectivity index (χ2v) is 5.58. The molecule has 0 amide bonds. The van der Waals surface area contributed by atoms with Crippen LogP contribution < -0.4 is 0 Å². The molecule has 0 saturated carbocycles. The lowest BCUT2D eigenvalue weighted by Crippen LogP contribution is -2.04. The van der Waals surface area contributed by atoms with E-state index in [2.05, 4.69) is 20.9 Å². The fourth-order valence-corrected chi connectivity index (χ4v) is 2.70. The van der Waals surface area contributed by atoms with Crippen molar-refractivity contribution in [2.45, 2.75) is 6.42 Å². The number of hydrogen-bond donors (Lipinski definition) is 0. The van der Waals surface area contributed by atoms with Crippen molar-refractivity contribution in [2.24, 2.45) is 0 Å². The van der Waals surface area contributed by atoms with E-state index >= 15 is 0 Å². The van der Waals surface area contributed by atoms with Gasteiger partial charge in [0.25, 0.3) is 0 Å². The maximum Gasteiger partial charge on any atom is 0.167 e. The van der Waals surface area contributed by atoms with Crippen LogP contribution in [0.5, 0.6) is 0 Å². The number of rotatable bonds is 3. The molecule has 0 N–H and O–H groups in total. The van der Waals surface area contributed by atoms with Gasteiger partial charge >= 0.3 is 0 Å². The molecule has 4 heteroatoms. The fourth-order valence-electron chi connectivity index (χ4n) is 2.28. The van der Waals surface area contributed by atoms with E-state index in [0.29, 0.717) is 10.0 Å². The highest BCUT2D eigenvalue weighted by atomic mass is 79.9. The molecular weight excluding hydrogens is 333 g/mol. The van der Waals surface area contributed by atoms with E-state index in [-0.39, 0.29) is 18.0 Å². The molecule has 0 saturated heterocycles. The SMILES string of the molecule is O=C(Cc1ccc(F)c(Br)c1)c1cccc2ncccc12. The van der Waals surface area contributed by atoms with Crippen LogP contribution in [-0.2, 0) is 6.42 Å². The average molecular weight is 344 g/mol. The van der Waals surface area contributed by atoms with Crippen molar-refractivity contribution in [3.05, 3.63) is 76.1 Å². The number of carbonyl (C=O) groups is 1. The highest BCUT2D eigenvalue weighted by Gasteiger charge is 2.12. The smallest absolute Gasteiger partial charge is 0.167 e. The first kappa shape index (κ1) is 13.9. The number of Topliss-reactive ketones (excluding diaryl/α,β-unsaturated/α-hetero) is 1. The number of fused-ring (bicyclic) bond motifs is 1. The van der Waals surface area contributed by atoms with E-state index < -0.39 is 0 Å². The lowest BCUT2D eigenvalue weighted by molar-refractivity contribution is 0.0994.